The van der Waals surface area contributed by atoms with E-state index in [1.54, 1.807) is 14.2 Å². The van der Waals surface area contributed by atoms with Crippen molar-refractivity contribution in [2.45, 2.75) is 45.6 Å². The number of ether oxygens (including phenoxy) is 2. The third kappa shape index (κ3) is 5.91. The van der Waals surface area contributed by atoms with E-state index in [2.05, 4.69) is 29.3 Å². The molecule has 1 heterocycles. The summed E-state index contributed by atoms with van der Waals surface area (Å²) in [6, 6.07) is 7.83. The summed E-state index contributed by atoms with van der Waals surface area (Å²) in [5.41, 5.74) is 8.05. The number of aliphatic imine (C=N–C) groups is 1. The van der Waals surface area contributed by atoms with Crippen LogP contribution in [-0.2, 0) is 13.0 Å². The van der Waals surface area contributed by atoms with Gasteiger partial charge in [-0.15, -0.1) is 0 Å². The Kier molecular flexibility index (Phi) is 7.98. The van der Waals surface area contributed by atoms with E-state index in [4.69, 9.17) is 19.7 Å². The van der Waals surface area contributed by atoms with Crippen molar-refractivity contribution in [2.75, 3.05) is 20.8 Å². The van der Waals surface area contributed by atoms with E-state index in [1.807, 2.05) is 24.3 Å². The molecule has 0 fully saturated rings. The van der Waals surface area contributed by atoms with Crippen molar-refractivity contribution in [2.24, 2.45) is 10.7 Å². The van der Waals surface area contributed by atoms with Crippen molar-refractivity contribution in [1.29, 1.82) is 0 Å². The number of aromatic nitrogens is 1. The topological polar surface area (TPSA) is 94.9 Å². The average molecular weight is 374 g/mol. The summed E-state index contributed by atoms with van der Waals surface area (Å²) >= 11 is 0. The molecule has 1 aromatic carbocycles. The number of hydrogen-bond acceptors (Lipinski definition) is 5. The maximum absolute atomic E-state index is 5.94. The van der Waals surface area contributed by atoms with Crippen LogP contribution >= 0.6 is 0 Å². The third-order valence-corrected chi connectivity index (χ3v) is 4.55. The molecule has 2 aromatic rings. The van der Waals surface area contributed by atoms with E-state index in [0.29, 0.717) is 25.0 Å². The number of benzene rings is 1. The Balaban J connectivity index is 1.82. The lowest BCUT2D eigenvalue weighted by Crippen LogP contribution is -2.33. The molecule has 0 amide bonds. The number of nitrogens with two attached hydrogens (primary N) is 1. The van der Waals surface area contributed by atoms with Gasteiger partial charge in [-0.1, -0.05) is 25.1 Å². The highest BCUT2D eigenvalue weighted by Gasteiger charge is 2.12. The van der Waals surface area contributed by atoms with E-state index in [-0.39, 0.29) is 0 Å². The fourth-order valence-corrected chi connectivity index (χ4v) is 2.89. The molecule has 27 heavy (non-hydrogen) atoms. The van der Waals surface area contributed by atoms with E-state index in [1.165, 1.54) is 0 Å². The summed E-state index contributed by atoms with van der Waals surface area (Å²) in [7, 11) is 3.25. The van der Waals surface area contributed by atoms with Crippen molar-refractivity contribution < 1.29 is 14.0 Å². The highest BCUT2D eigenvalue weighted by Crippen LogP contribution is 2.27. The zero-order valence-corrected chi connectivity index (χ0v) is 16.6. The Morgan fingerprint density at radius 2 is 1.93 bits per heavy atom. The van der Waals surface area contributed by atoms with Crippen LogP contribution in [0, 0.1) is 0 Å². The molecular weight excluding hydrogens is 344 g/mol. The molecule has 0 radical (unpaired) electrons. The van der Waals surface area contributed by atoms with Crippen LogP contribution in [0.4, 0.5) is 0 Å². The summed E-state index contributed by atoms with van der Waals surface area (Å²) < 4.78 is 15.9. The van der Waals surface area contributed by atoms with Crippen LogP contribution in [0.5, 0.6) is 11.5 Å². The molecular formula is C20H30N4O3. The minimum atomic E-state index is 0.377. The molecule has 148 valence electrons. The first-order valence-corrected chi connectivity index (χ1v) is 9.31. The largest absolute Gasteiger partial charge is 0.493 e. The van der Waals surface area contributed by atoms with E-state index < -0.39 is 0 Å². The van der Waals surface area contributed by atoms with Crippen LogP contribution in [0.3, 0.4) is 0 Å². The Hall–Kier alpha value is -2.70. The number of nitrogens with zero attached hydrogens (tertiary/aromatic N) is 2. The minimum absolute atomic E-state index is 0.377. The van der Waals surface area contributed by atoms with Gasteiger partial charge in [0.05, 0.1) is 19.9 Å². The molecule has 7 nitrogen and oxygen atoms in total. The molecule has 0 aliphatic carbocycles. The van der Waals surface area contributed by atoms with E-state index >= 15 is 0 Å². The smallest absolute Gasteiger partial charge is 0.189 e. The van der Waals surface area contributed by atoms with Gasteiger partial charge in [-0.3, -0.25) is 0 Å². The van der Waals surface area contributed by atoms with Crippen molar-refractivity contribution >= 4 is 5.96 Å². The second kappa shape index (κ2) is 10.4. The van der Waals surface area contributed by atoms with Crippen LogP contribution in [0.25, 0.3) is 0 Å². The highest BCUT2D eigenvalue weighted by molar-refractivity contribution is 5.77. The second-order valence-corrected chi connectivity index (χ2v) is 6.30. The lowest BCUT2D eigenvalue weighted by atomic mass is 9.99. The predicted octanol–water partition coefficient (Wildman–Crippen LogP) is 3.24. The van der Waals surface area contributed by atoms with Crippen LogP contribution in [-0.4, -0.2) is 31.9 Å². The van der Waals surface area contributed by atoms with Gasteiger partial charge in [-0.25, -0.2) is 4.99 Å². The number of guanidine groups is 1. The molecule has 0 saturated heterocycles. The van der Waals surface area contributed by atoms with Gasteiger partial charge < -0.3 is 25.0 Å². The Morgan fingerprint density at radius 3 is 2.59 bits per heavy atom. The third-order valence-electron chi connectivity index (χ3n) is 4.55. The van der Waals surface area contributed by atoms with Gasteiger partial charge in [0.2, 0.25) is 0 Å². The molecule has 1 aromatic heterocycles. The molecule has 2 rings (SSSR count). The fraction of sp³-hybridized carbons (Fsp3) is 0.500. The molecule has 3 N–H and O–H groups in total. The Morgan fingerprint density at radius 1 is 1.19 bits per heavy atom. The predicted molar refractivity (Wildman–Crippen MR) is 106 cm³/mol. The molecule has 0 aliphatic heterocycles. The maximum Gasteiger partial charge on any atom is 0.189 e. The highest BCUT2D eigenvalue weighted by atomic mass is 16.5. The summed E-state index contributed by atoms with van der Waals surface area (Å²) in [5, 5.41) is 7.25. The number of rotatable bonds is 10. The molecule has 0 unspecified atom stereocenters. The normalized spacial score (nSPS) is 11.7. The second-order valence-electron chi connectivity index (χ2n) is 6.30. The average Bonchev–Trinajstić information content (AvgIpc) is 3.16. The number of hydrogen-bond donors (Lipinski definition) is 2. The summed E-state index contributed by atoms with van der Waals surface area (Å²) in [6.07, 6.45) is 2.88. The summed E-state index contributed by atoms with van der Waals surface area (Å²) in [5.74, 6) is 2.98. The first-order valence-electron chi connectivity index (χ1n) is 9.31. The summed E-state index contributed by atoms with van der Waals surface area (Å²) in [6.45, 7) is 5.35. The van der Waals surface area contributed by atoms with Crippen LogP contribution in [0.15, 0.2) is 33.8 Å². The standard InChI is InChI=1S/C20H30N4O3/c1-5-15(6-2)17-12-16(27-24-17)13-23-20(21)22-10-9-14-7-8-18(25-3)19(11-14)26-4/h7-8,11-12,15H,5-6,9-10,13H2,1-4H3,(H3,21,22,23). The van der Waals surface area contributed by atoms with Crippen LogP contribution in [0.2, 0.25) is 0 Å². The van der Waals surface area contributed by atoms with Gasteiger partial charge >= 0.3 is 0 Å². The molecule has 0 aliphatic rings. The first-order chi connectivity index (χ1) is 13.1. The molecule has 0 saturated carbocycles. The first kappa shape index (κ1) is 20.6. The van der Waals surface area contributed by atoms with Gasteiger partial charge in [-0.2, -0.15) is 0 Å². The van der Waals surface area contributed by atoms with Crippen molar-refractivity contribution in [3.05, 3.63) is 41.3 Å². The molecule has 0 atom stereocenters. The zero-order chi connectivity index (χ0) is 19.6. The van der Waals surface area contributed by atoms with Crippen molar-refractivity contribution in [3.63, 3.8) is 0 Å². The lowest BCUT2D eigenvalue weighted by molar-refractivity contribution is 0.354. The van der Waals surface area contributed by atoms with E-state index in [9.17, 15) is 0 Å². The quantitative estimate of drug-likeness (QED) is 0.490. The van der Waals surface area contributed by atoms with Gasteiger partial charge in [-0.05, 0) is 37.0 Å². The van der Waals surface area contributed by atoms with Crippen LogP contribution < -0.4 is 20.5 Å². The molecule has 0 spiro atoms. The minimum Gasteiger partial charge on any atom is -0.493 e. The lowest BCUT2D eigenvalue weighted by Gasteiger charge is -2.10. The van der Waals surface area contributed by atoms with Crippen LogP contribution in [0.1, 0.15) is 49.6 Å². The fourth-order valence-electron chi connectivity index (χ4n) is 2.89. The Bertz CT molecular complexity index is 739. The van der Waals surface area contributed by atoms with Gasteiger partial charge in [0.25, 0.3) is 0 Å². The van der Waals surface area contributed by atoms with E-state index in [0.717, 1.165) is 47.8 Å². The molecule has 0 bridgehead atoms. The Labute approximate surface area is 160 Å². The van der Waals surface area contributed by atoms with Gasteiger partial charge in [0.15, 0.2) is 23.2 Å². The summed E-state index contributed by atoms with van der Waals surface area (Å²) in [4.78, 5) is 4.32. The van der Waals surface area contributed by atoms with Gasteiger partial charge in [0, 0.05) is 18.5 Å². The monoisotopic (exact) mass is 374 g/mol. The maximum atomic E-state index is 5.94. The number of nitrogens with one attached hydrogen (secondary N) is 1. The molecule has 7 heteroatoms. The number of methoxy groups -OCH3 is 2. The van der Waals surface area contributed by atoms with Gasteiger partial charge in [0.1, 0.15) is 6.54 Å². The SMILES string of the molecule is CCC(CC)c1cc(CN=C(N)NCCc2ccc(OC)c(OC)c2)on1. The van der Waals surface area contributed by atoms with Crippen molar-refractivity contribution in [1.82, 2.24) is 10.5 Å². The van der Waals surface area contributed by atoms with Crippen molar-refractivity contribution in [3.8, 4) is 11.5 Å². The zero-order valence-electron chi connectivity index (χ0n) is 16.6.